The Morgan fingerprint density at radius 2 is 1.62 bits per heavy atom. The van der Waals surface area contributed by atoms with E-state index in [0.29, 0.717) is 19.8 Å². The molecule has 1 unspecified atom stereocenters. The van der Waals surface area contributed by atoms with Crippen LogP contribution in [0.2, 0.25) is 0 Å². The van der Waals surface area contributed by atoms with Crippen molar-refractivity contribution in [2.24, 2.45) is 0 Å². The molecule has 0 radical (unpaired) electrons. The first-order chi connectivity index (χ1) is 6.31. The first-order valence-corrected chi connectivity index (χ1v) is 4.72. The van der Waals surface area contributed by atoms with Crippen molar-refractivity contribution in [3.63, 3.8) is 0 Å². The molecular weight excluding hydrogens is 172 g/mol. The average Bonchev–Trinajstić information content (AvgIpc) is 2.18. The summed E-state index contributed by atoms with van der Waals surface area (Å²) < 4.78 is 10.1. The Kier molecular flexibility index (Phi) is 16.9. The van der Waals surface area contributed by atoms with E-state index >= 15 is 0 Å². The maximum atomic E-state index is 8.38. The van der Waals surface area contributed by atoms with E-state index in [2.05, 4.69) is 0 Å². The van der Waals surface area contributed by atoms with Gasteiger partial charge in [-0.1, -0.05) is 13.8 Å². The van der Waals surface area contributed by atoms with Crippen LogP contribution in [0.1, 0.15) is 20.8 Å². The molecule has 0 heterocycles. The van der Waals surface area contributed by atoms with Crippen LogP contribution in [0.4, 0.5) is 0 Å². The highest BCUT2D eigenvalue weighted by atomic mass is 16.5. The van der Waals surface area contributed by atoms with E-state index < -0.39 is 0 Å². The molecule has 0 bridgehead atoms. The lowest BCUT2D eigenvalue weighted by atomic mass is 10.4. The maximum Gasteiger partial charge on any atom is 0.0781 e. The summed E-state index contributed by atoms with van der Waals surface area (Å²) in [5.41, 5.74) is 0. The molecule has 0 rings (SSSR count). The minimum atomic E-state index is -0.0197. The van der Waals surface area contributed by atoms with Crippen LogP contribution in [0.3, 0.4) is 0 Å². The number of hydrogen-bond donors (Lipinski definition) is 2. The predicted molar refractivity (Wildman–Crippen MR) is 51.8 cm³/mol. The van der Waals surface area contributed by atoms with Gasteiger partial charge >= 0.3 is 0 Å². The number of ether oxygens (including phenoxy) is 2. The molecule has 0 aliphatic heterocycles. The molecule has 0 saturated carbocycles. The largest absolute Gasteiger partial charge is 0.394 e. The monoisotopic (exact) mass is 194 g/mol. The van der Waals surface area contributed by atoms with E-state index in [0.717, 1.165) is 0 Å². The van der Waals surface area contributed by atoms with Crippen LogP contribution in [-0.2, 0) is 9.47 Å². The van der Waals surface area contributed by atoms with Gasteiger partial charge in [-0.15, -0.1) is 0 Å². The van der Waals surface area contributed by atoms with Crippen molar-refractivity contribution in [1.82, 2.24) is 0 Å². The molecule has 0 fully saturated rings. The molecule has 2 N–H and O–H groups in total. The summed E-state index contributed by atoms with van der Waals surface area (Å²) in [5.74, 6) is 0. The van der Waals surface area contributed by atoms with E-state index in [1.807, 2.05) is 20.8 Å². The lowest BCUT2D eigenvalue weighted by molar-refractivity contribution is -0.0246. The van der Waals surface area contributed by atoms with E-state index in [1.165, 1.54) is 0 Å². The zero-order chi connectivity index (χ0) is 10.5. The molecule has 82 valence electrons. The molecule has 0 aromatic rings. The molecule has 0 saturated heterocycles. The Morgan fingerprint density at radius 3 is 2.08 bits per heavy atom. The molecule has 0 aliphatic rings. The Balaban J connectivity index is 0. The van der Waals surface area contributed by atoms with E-state index in [4.69, 9.17) is 19.7 Å². The van der Waals surface area contributed by atoms with Crippen molar-refractivity contribution in [3.8, 4) is 0 Å². The second-order valence-corrected chi connectivity index (χ2v) is 2.20. The second-order valence-electron chi connectivity index (χ2n) is 2.20. The smallest absolute Gasteiger partial charge is 0.0781 e. The van der Waals surface area contributed by atoms with Crippen molar-refractivity contribution in [3.05, 3.63) is 0 Å². The molecule has 13 heavy (non-hydrogen) atoms. The average molecular weight is 194 g/mol. The van der Waals surface area contributed by atoms with E-state index in [-0.39, 0.29) is 19.3 Å². The lowest BCUT2D eigenvalue weighted by Crippen LogP contribution is -2.18. The lowest BCUT2D eigenvalue weighted by Gasteiger charge is -2.11. The fourth-order valence-electron chi connectivity index (χ4n) is 0.616. The van der Waals surface area contributed by atoms with Gasteiger partial charge in [-0.3, -0.25) is 0 Å². The molecule has 4 nitrogen and oxygen atoms in total. The highest BCUT2D eigenvalue weighted by Gasteiger charge is 2.00. The van der Waals surface area contributed by atoms with Crippen molar-refractivity contribution in [2.75, 3.05) is 33.0 Å². The minimum absolute atomic E-state index is 0.0197. The molecule has 0 aromatic heterocycles. The van der Waals surface area contributed by atoms with Gasteiger partial charge in [0.2, 0.25) is 0 Å². The molecular formula is C9H22O4. The number of aliphatic hydroxyl groups is 2. The van der Waals surface area contributed by atoms with Crippen LogP contribution in [0.25, 0.3) is 0 Å². The SMILES string of the molecule is CC.CC(COCCO)OCCO. The van der Waals surface area contributed by atoms with Crippen LogP contribution in [0.15, 0.2) is 0 Å². The normalized spacial score (nSPS) is 11.8. The van der Waals surface area contributed by atoms with Gasteiger partial charge < -0.3 is 19.7 Å². The molecule has 0 aliphatic carbocycles. The number of aliphatic hydroxyl groups excluding tert-OH is 2. The highest BCUT2D eigenvalue weighted by molar-refractivity contribution is 4.46. The summed E-state index contributed by atoms with van der Waals surface area (Å²) in [5, 5.41) is 16.7. The van der Waals surface area contributed by atoms with Gasteiger partial charge in [0, 0.05) is 0 Å². The topological polar surface area (TPSA) is 58.9 Å². The summed E-state index contributed by atoms with van der Waals surface area (Å²) >= 11 is 0. The van der Waals surface area contributed by atoms with Gasteiger partial charge in [0.15, 0.2) is 0 Å². The van der Waals surface area contributed by atoms with Gasteiger partial charge in [0.1, 0.15) is 0 Å². The van der Waals surface area contributed by atoms with Crippen LogP contribution < -0.4 is 0 Å². The third kappa shape index (κ3) is 14.7. The van der Waals surface area contributed by atoms with Crippen LogP contribution >= 0.6 is 0 Å². The predicted octanol–water partition coefficient (Wildman–Crippen LogP) is 0.419. The molecule has 0 amide bonds. The van der Waals surface area contributed by atoms with Gasteiger partial charge in [-0.25, -0.2) is 0 Å². The zero-order valence-electron chi connectivity index (χ0n) is 8.82. The van der Waals surface area contributed by atoms with E-state index in [9.17, 15) is 0 Å². The molecule has 4 heteroatoms. The van der Waals surface area contributed by atoms with Crippen molar-refractivity contribution < 1.29 is 19.7 Å². The first-order valence-electron chi connectivity index (χ1n) is 4.72. The number of rotatable bonds is 7. The van der Waals surface area contributed by atoms with Crippen LogP contribution in [0.5, 0.6) is 0 Å². The highest BCUT2D eigenvalue weighted by Crippen LogP contribution is 1.90. The fraction of sp³-hybridized carbons (Fsp3) is 1.00. The standard InChI is InChI=1S/C7H16O4.C2H6/c1-7(11-5-3-9)6-10-4-2-8;1-2/h7-9H,2-6H2,1H3;1-2H3. The third-order valence-electron chi connectivity index (χ3n) is 1.08. The zero-order valence-corrected chi connectivity index (χ0v) is 8.82. The third-order valence-corrected chi connectivity index (χ3v) is 1.08. The Morgan fingerprint density at radius 1 is 1.08 bits per heavy atom. The van der Waals surface area contributed by atoms with Crippen molar-refractivity contribution in [1.29, 1.82) is 0 Å². The van der Waals surface area contributed by atoms with E-state index in [1.54, 1.807) is 0 Å². The summed E-state index contributed by atoms with van der Waals surface area (Å²) in [7, 11) is 0. The Hall–Kier alpha value is -0.160. The Labute approximate surface area is 80.5 Å². The van der Waals surface area contributed by atoms with Gasteiger partial charge in [0.05, 0.1) is 39.1 Å². The molecule has 1 atom stereocenters. The molecule has 0 aromatic carbocycles. The summed E-state index contributed by atoms with van der Waals surface area (Å²) in [6, 6.07) is 0. The van der Waals surface area contributed by atoms with Crippen molar-refractivity contribution in [2.45, 2.75) is 26.9 Å². The van der Waals surface area contributed by atoms with Crippen LogP contribution in [-0.4, -0.2) is 49.4 Å². The van der Waals surface area contributed by atoms with Gasteiger partial charge in [-0.2, -0.15) is 0 Å². The minimum Gasteiger partial charge on any atom is -0.394 e. The fourth-order valence-corrected chi connectivity index (χ4v) is 0.616. The first kappa shape index (κ1) is 15.3. The van der Waals surface area contributed by atoms with Crippen molar-refractivity contribution >= 4 is 0 Å². The Bertz CT molecular complexity index is 78.0. The summed E-state index contributed by atoms with van der Waals surface area (Å²) in [6.45, 7) is 7.06. The number of hydrogen-bond acceptors (Lipinski definition) is 4. The van der Waals surface area contributed by atoms with Crippen LogP contribution in [0, 0.1) is 0 Å². The maximum absolute atomic E-state index is 8.38. The summed E-state index contributed by atoms with van der Waals surface area (Å²) in [4.78, 5) is 0. The second kappa shape index (κ2) is 14.4. The quantitative estimate of drug-likeness (QED) is 0.577. The molecule has 0 spiro atoms. The summed E-state index contributed by atoms with van der Waals surface area (Å²) in [6.07, 6.45) is -0.0197. The van der Waals surface area contributed by atoms with Gasteiger partial charge in [0.25, 0.3) is 0 Å². The van der Waals surface area contributed by atoms with Gasteiger partial charge in [-0.05, 0) is 6.92 Å².